The normalized spacial score (nSPS) is 12.8. The molecule has 3 aromatic rings. The summed E-state index contributed by atoms with van der Waals surface area (Å²) >= 11 is 0. The number of carbonyl (C=O) groups is 3. The molecule has 1 aliphatic heterocycles. The van der Waals surface area contributed by atoms with Crippen molar-refractivity contribution in [2.45, 2.75) is 0 Å². The molecule has 1 heterocycles. The molecule has 0 spiro atoms. The predicted molar refractivity (Wildman–Crippen MR) is 109 cm³/mol. The van der Waals surface area contributed by atoms with Gasteiger partial charge >= 0.3 is 5.97 Å². The van der Waals surface area contributed by atoms with Crippen LogP contribution in [-0.4, -0.2) is 33.9 Å². The van der Waals surface area contributed by atoms with Crippen molar-refractivity contribution < 1.29 is 24.0 Å². The molecule has 4 rings (SSSR count). The summed E-state index contributed by atoms with van der Waals surface area (Å²) in [5.41, 5.74) is 0.993. The van der Waals surface area contributed by atoms with E-state index in [-0.39, 0.29) is 17.0 Å². The van der Waals surface area contributed by atoms with E-state index in [0.717, 1.165) is 11.1 Å². The third-order valence-electron chi connectivity index (χ3n) is 4.48. The average molecular weight is 415 g/mol. The van der Waals surface area contributed by atoms with Gasteiger partial charge in [0.1, 0.15) is 5.75 Å². The van der Waals surface area contributed by atoms with Crippen LogP contribution in [0.25, 0.3) is 0 Å². The van der Waals surface area contributed by atoms with Crippen molar-refractivity contribution in [2.75, 3.05) is 0 Å². The maximum absolute atomic E-state index is 12.3. The van der Waals surface area contributed by atoms with E-state index >= 15 is 0 Å². The Balaban J connectivity index is 1.44. The lowest BCUT2D eigenvalue weighted by Gasteiger charge is -2.06. The number of hydrogen-bond donors (Lipinski definition) is 0. The number of amides is 2. The molecule has 9 heteroatoms. The number of benzene rings is 3. The number of fused-ring (bicyclic) bond motifs is 1. The number of nitro benzene ring substituents is 1. The Hall–Kier alpha value is -4.66. The number of non-ortho nitro benzene ring substituents is 1. The van der Waals surface area contributed by atoms with Gasteiger partial charge in [-0.2, -0.15) is 10.1 Å². The van der Waals surface area contributed by atoms with E-state index in [1.165, 1.54) is 36.5 Å². The minimum absolute atomic E-state index is 0.0467. The summed E-state index contributed by atoms with van der Waals surface area (Å²) in [6.45, 7) is 0. The van der Waals surface area contributed by atoms with Crippen LogP contribution in [0.3, 0.4) is 0 Å². The number of imide groups is 1. The first-order valence-electron chi connectivity index (χ1n) is 9.02. The number of rotatable bonds is 5. The standard InChI is InChI=1S/C22H13N3O6/c26-20-18-6-1-2-7-19(18)21(27)24(20)23-13-14-8-10-17(11-9-14)31-22(28)15-4-3-5-16(12-15)25(29)30/h1-13H. The van der Waals surface area contributed by atoms with Crippen LogP contribution in [0.1, 0.15) is 36.6 Å². The Bertz CT molecular complexity index is 1220. The van der Waals surface area contributed by atoms with Crippen molar-refractivity contribution >= 4 is 29.7 Å². The first kappa shape index (κ1) is 19.6. The van der Waals surface area contributed by atoms with Gasteiger partial charge in [-0.15, -0.1) is 0 Å². The van der Waals surface area contributed by atoms with Crippen LogP contribution in [0.5, 0.6) is 5.75 Å². The lowest BCUT2D eigenvalue weighted by atomic mass is 10.1. The molecule has 0 fully saturated rings. The Labute approximate surface area is 175 Å². The van der Waals surface area contributed by atoms with Crippen molar-refractivity contribution in [2.24, 2.45) is 5.10 Å². The van der Waals surface area contributed by atoms with Gasteiger partial charge in [0, 0.05) is 12.1 Å². The minimum atomic E-state index is -0.740. The second kappa shape index (κ2) is 7.99. The Morgan fingerprint density at radius 1 is 0.935 bits per heavy atom. The lowest BCUT2D eigenvalue weighted by Crippen LogP contribution is -2.23. The van der Waals surface area contributed by atoms with Crippen LogP contribution >= 0.6 is 0 Å². The summed E-state index contributed by atoms with van der Waals surface area (Å²) in [6.07, 6.45) is 1.34. The highest BCUT2D eigenvalue weighted by atomic mass is 16.6. The second-order valence-corrected chi connectivity index (χ2v) is 6.48. The van der Waals surface area contributed by atoms with E-state index in [4.69, 9.17) is 4.74 Å². The molecular formula is C22H13N3O6. The van der Waals surface area contributed by atoms with E-state index in [1.54, 1.807) is 36.4 Å². The largest absolute Gasteiger partial charge is 0.423 e. The molecule has 0 aromatic heterocycles. The van der Waals surface area contributed by atoms with E-state index in [2.05, 4.69) is 5.10 Å². The van der Waals surface area contributed by atoms with Gasteiger partial charge in [0.15, 0.2) is 0 Å². The predicted octanol–water partition coefficient (Wildman–Crippen LogP) is 3.44. The number of nitro groups is 1. The van der Waals surface area contributed by atoms with Gasteiger partial charge in [0.05, 0.1) is 27.8 Å². The molecule has 0 N–H and O–H groups in total. The molecule has 1 aliphatic rings. The zero-order chi connectivity index (χ0) is 22.0. The maximum atomic E-state index is 12.3. The van der Waals surface area contributed by atoms with Crippen molar-refractivity contribution in [3.8, 4) is 5.75 Å². The Kier molecular flexibility index (Phi) is 5.07. The summed E-state index contributed by atoms with van der Waals surface area (Å²) in [5.74, 6) is -1.52. The van der Waals surface area contributed by atoms with E-state index in [9.17, 15) is 24.5 Å². The molecule has 152 valence electrons. The van der Waals surface area contributed by atoms with Gasteiger partial charge in [-0.3, -0.25) is 19.7 Å². The summed E-state index contributed by atoms with van der Waals surface area (Å²) in [7, 11) is 0. The fourth-order valence-corrected chi connectivity index (χ4v) is 2.94. The highest BCUT2D eigenvalue weighted by molar-refractivity contribution is 6.21. The number of carbonyl (C=O) groups excluding carboxylic acids is 3. The number of ether oxygens (including phenoxy) is 1. The van der Waals surface area contributed by atoms with Gasteiger partial charge in [0.2, 0.25) is 0 Å². The van der Waals surface area contributed by atoms with Crippen molar-refractivity contribution in [1.82, 2.24) is 5.01 Å². The zero-order valence-corrected chi connectivity index (χ0v) is 15.8. The number of esters is 1. The molecular weight excluding hydrogens is 402 g/mol. The molecule has 0 bridgehead atoms. The minimum Gasteiger partial charge on any atom is -0.423 e. The van der Waals surface area contributed by atoms with Crippen LogP contribution in [-0.2, 0) is 0 Å². The van der Waals surface area contributed by atoms with E-state index in [0.29, 0.717) is 16.7 Å². The second-order valence-electron chi connectivity index (χ2n) is 6.48. The zero-order valence-electron chi connectivity index (χ0n) is 15.8. The quantitative estimate of drug-likeness (QED) is 0.157. The lowest BCUT2D eigenvalue weighted by molar-refractivity contribution is -0.384. The fourth-order valence-electron chi connectivity index (χ4n) is 2.94. The highest BCUT2D eigenvalue weighted by Crippen LogP contribution is 2.23. The van der Waals surface area contributed by atoms with E-state index < -0.39 is 22.7 Å². The highest BCUT2D eigenvalue weighted by Gasteiger charge is 2.35. The first-order valence-corrected chi connectivity index (χ1v) is 9.02. The van der Waals surface area contributed by atoms with Gasteiger partial charge in [-0.05, 0) is 48.0 Å². The summed E-state index contributed by atoms with van der Waals surface area (Å²) < 4.78 is 5.22. The van der Waals surface area contributed by atoms with Crippen molar-refractivity contribution in [1.29, 1.82) is 0 Å². The van der Waals surface area contributed by atoms with E-state index in [1.807, 2.05) is 0 Å². The van der Waals surface area contributed by atoms with Crippen LogP contribution in [0.15, 0.2) is 77.9 Å². The average Bonchev–Trinajstić information content (AvgIpc) is 3.03. The fraction of sp³-hybridized carbons (Fsp3) is 0. The summed E-state index contributed by atoms with van der Waals surface area (Å²) in [5, 5.41) is 15.6. The van der Waals surface area contributed by atoms with Crippen LogP contribution < -0.4 is 4.74 Å². The molecule has 3 aromatic carbocycles. The summed E-state index contributed by atoms with van der Waals surface area (Å²) in [4.78, 5) is 47.0. The third-order valence-corrected chi connectivity index (χ3v) is 4.48. The molecule has 0 saturated heterocycles. The SMILES string of the molecule is O=C(Oc1ccc(C=NN2C(=O)c3ccccc3C2=O)cc1)c1cccc([N+](=O)[O-])c1. The van der Waals surface area contributed by atoms with Gasteiger partial charge in [-0.1, -0.05) is 18.2 Å². The first-order chi connectivity index (χ1) is 14.9. The smallest absolute Gasteiger partial charge is 0.343 e. The third kappa shape index (κ3) is 3.92. The van der Waals surface area contributed by atoms with Gasteiger partial charge in [0.25, 0.3) is 17.5 Å². The van der Waals surface area contributed by atoms with Crippen molar-refractivity contribution in [3.63, 3.8) is 0 Å². The molecule has 0 radical (unpaired) electrons. The van der Waals surface area contributed by atoms with Gasteiger partial charge in [-0.25, -0.2) is 4.79 Å². The number of hydrogen-bond acceptors (Lipinski definition) is 7. The Morgan fingerprint density at radius 3 is 2.19 bits per heavy atom. The van der Waals surface area contributed by atoms with Crippen molar-refractivity contribution in [3.05, 3.63) is 105 Å². The monoisotopic (exact) mass is 415 g/mol. The molecule has 9 nitrogen and oxygen atoms in total. The van der Waals surface area contributed by atoms with Gasteiger partial charge < -0.3 is 4.74 Å². The molecule has 2 amide bonds. The van der Waals surface area contributed by atoms with Crippen LogP contribution in [0.4, 0.5) is 5.69 Å². The molecule has 0 unspecified atom stereocenters. The van der Waals surface area contributed by atoms with Crippen LogP contribution in [0.2, 0.25) is 0 Å². The maximum Gasteiger partial charge on any atom is 0.343 e. The van der Waals surface area contributed by atoms with Crippen LogP contribution in [0, 0.1) is 10.1 Å². The summed E-state index contributed by atoms with van der Waals surface area (Å²) in [6, 6.07) is 17.9. The molecule has 0 atom stereocenters. The molecule has 31 heavy (non-hydrogen) atoms. The number of nitrogens with zero attached hydrogens (tertiary/aromatic N) is 3. The number of hydrazone groups is 1. The molecule has 0 saturated carbocycles. The topological polar surface area (TPSA) is 119 Å². The Morgan fingerprint density at radius 2 is 1.58 bits per heavy atom. The molecule has 0 aliphatic carbocycles.